The van der Waals surface area contributed by atoms with E-state index in [9.17, 15) is 27.2 Å². The summed E-state index contributed by atoms with van der Waals surface area (Å²) in [4.78, 5) is 35.5. The zero-order valence-electron chi connectivity index (χ0n) is 16.4. The summed E-state index contributed by atoms with van der Waals surface area (Å²) >= 11 is 1.00. The van der Waals surface area contributed by atoms with Gasteiger partial charge in [-0.05, 0) is 13.3 Å². The Morgan fingerprint density at radius 2 is 2.13 bits per heavy atom. The van der Waals surface area contributed by atoms with Crippen molar-refractivity contribution in [2.75, 3.05) is 36.1 Å². The second kappa shape index (κ2) is 8.19. The number of ketones is 1. The fourth-order valence-corrected chi connectivity index (χ4v) is 4.38. The molecule has 2 aliphatic heterocycles. The Bertz CT molecular complexity index is 1030. The maximum atomic E-state index is 14.9. The van der Waals surface area contributed by atoms with Crippen molar-refractivity contribution >= 4 is 28.9 Å². The summed E-state index contributed by atoms with van der Waals surface area (Å²) in [5.41, 5.74) is -1.06. The van der Waals surface area contributed by atoms with Gasteiger partial charge in [-0.2, -0.15) is 22.5 Å². The van der Waals surface area contributed by atoms with E-state index in [-0.39, 0.29) is 49.1 Å². The average molecular weight is 461 g/mol. The second-order valence-electron chi connectivity index (χ2n) is 7.36. The number of anilines is 2. The van der Waals surface area contributed by atoms with E-state index in [1.807, 2.05) is 0 Å². The van der Waals surface area contributed by atoms with Crippen LogP contribution in [0.25, 0.3) is 0 Å². The summed E-state index contributed by atoms with van der Waals surface area (Å²) in [6, 6.07) is -2.37. The van der Waals surface area contributed by atoms with E-state index in [2.05, 4.69) is 9.97 Å². The lowest BCUT2D eigenvalue weighted by molar-refractivity contribution is -0.152. The van der Waals surface area contributed by atoms with Crippen molar-refractivity contribution in [2.45, 2.75) is 38.1 Å². The van der Waals surface area contributed by atoms with E-state index in [4.69, 9.17) is 4.74 Å². The van der Waals surface area contributed by atoms with Crippen molar-refractivity contribution in [3.8, 4) is 0 Å². The van der Waals surface area contributed by atoms with E-state index < -0.39 is 42.3 Å². The molecule has 0 N–H and O–H groups in total. The lowest BCUT2D eigenvalue weighted by Crippen LogP contribution is -2.55. The molecular formula is C18H19F4N5O3S. The normalized spacial score (nSPS) is 21.8. The minimum atomic E-state index is -4.67. The number of alkyl halides is 3. The first kappa shape index (κ1) is 21.7. The summed E-state index contributed by atoms with van der Waals surface area (Å²) in [7, 11) is 0. The molecule has 13 heteroatoms. The summed E-state index contributed by atoms with van der Waals surface area (Å²) < 4.78 is 62.4. The molecule has 31 heavy (non-hydrogen) atoms. The van der Waals surface area contributed by atoms with E-state index in [1.165, 1.54) is 16.5 Å². The van der Waals surface area contributed by atoms with Gasteiger partial charge in [-0.1, -0.05) is 0 Å². The number of rotatable bonds is 4. The van der Waals surface area contributed by atoms with Crippen LogP contribution in [0.15, 0.2) is 16.4 Å². The first-order valence-corrected chi connectivity index (χ1v) is 10.5. The van der Waals surface area contributed by atoms with E-state index in [0.29, 0.717) is 0 Å². The molecule has 0 bridgehead atoms. The van der Waals surface area contributed by atoms with Crippen LogP contribution in [0, 0.1) is 5.82 Å². The molecule has 1 fully saturated rings. The molecule has 0 spiro atoms. The predicted molar refractivity (Wildman–Crippen MR) is 104 cm³/mol. The van der Waals surface area contributed by atoms with Crippen molar-refractivity contribution in [1.29, 1.82) is 0 Å². The van der Waals surface area contributed by atoms with Gasteiger partial charge in [0.1, 0.15) is 6.04 Å². The van der Waals surface area contributed by atoms with Gasteiger partial charge in [-0.15, -0.1) is 11.3 Å². The minimum absolute atomic E-state index is 0.0459. The maximum Gasteiger partial charge on any atom is 0.408 e. The first-order chi connectivity index (χ1) is 14.7. The number of ether oxygens (including phenoxy) is 1. The summed E-state index contributed by atoms with van der Waals surface area (Å²) in [6.45, 7) is 1.45. The van der Waals surface area contributed by atoms with Crippen molar-refractivity contribution in [3.05, 3.63) is 32.8 Å². The molecule has 0 amide bonds. The number of nitrogens with zero attached hydrogens (tertiary/aromatic N) is 5. The summed E-state index contributed by atoms with van der Waals surface area (Å²) in [5, 5.41) is 1.58. The third-order valence-corrected chi connectivity index (χ3v) is 6.15. The van der Waals surface area contributed by atoms with Crippen molar-refractivity contribution in [2.24, 2.45) is 0 Å². The fraction of sp³-hybridized carbons (Fsp3) is 0.556. The highest BCUT2D eigenvalue weighted by molar-refractivity contribution is 7.11. The highest BCUT2D eigenvalue weighted by atomic mass is 32.1. The maximum absolute atomic E-state index is 14.9. The van der Waals surface area contributed by atoms with E-state index >= 15 is 0 Å². The number of aromatic nitrogens is 3. The van der Waals surface area contributed by atoms with Crippen LogP contribution in [-0.2, 0) is 11.3 Å². The standard InChI is InChI=1S/C18H19F4N5O3S/c1-10-9-30-6-5-25(10)14-13(19)16(29)26-4-2-12(18(20,21)22)27(17(26)24-14)8-11(28)15-23-3-7-31-15/h3,7,10,12H,2,4-6,8-9H2,1H3. The quantitative estimate of drug-likeness (QED) is 0.510. The molecule has 4 heterocycles. The lowest BCUT2D eigenvalue weighted by atomic mass is 10.1. The van der Waals surface area contributed by atoms with Gasteiger partial charge in [-0.25, -0.2) is 4.98 Å². The van der Waals surface area contributed by atoms with Gasteiger partial charge < -0.3 is 14.5 Å². The summed E-state index contributed by atoms with van der Waals surface area (Å²) in [6.07, 6.45) is -3.80. The van der Waals surface area contributed by atoms with Crippen LogP contribution in [0.3, 0.4) is 0 Å². The van der Waals surface area contributed by atoms with Crippen molar-refractivity contribution < 1.29 is 27.1 Å². The molecule has 0 radical (unpaired) electrons. The molecule has 4 rings (SSSR count). The Hall–Kier alpha value is -2.54. The van der Waals surface area contributed by atoms with Gasteiger partial charge in [0.05, 0.1) is 25.8 Å². The molecule has 2 atom stereocenters. The van der Waals surface area contributed by atoms with E-state index in [1.54, 1.807) is 6.92 Å². The number of morpholine rings is 1. The SMILES string of the molecule is CC1COCCN1c1nc2n(c(=O)c1F)CCC(C(F)(F)F)N2CC(=O)c1nccs1. The largest absolute Gasteiger partial charge is 0.408 e. The van der Waals surface area contributed by atoms with Gasteiger partial charge in [0.2, 0.25) is 17.5 Å². The Morgan fingerprint density at radius 3 is 2.77 bits per heavy atom. The topological polar surface area (TPSA) is 80.6 Å². The predicted octanol–water partition coefficient (Wildman–Crippen LogP) is 2.09. The molecule has 8 nitrogen and oxygen atoms in total. The molecule has 0 aromatic carbocycles. The van der Waals surface area contributed by atoms with Crippen LogP contribution < -0.4 is 15.4 Å². The molecule has 2 aliphatic rings. The number of fused-ring (bicyclic) bond motifs is 1. The zero-order valence-corrected chi connectivity index (χ0v) is 17.2. The number of hydrogen-bond donors (Lipinski definition) is 0. The number of halogens is 4. The fourth-order valence-electron chi connectivity index (χ4n) is 3.81. The van der Waals surface area contributed by atoms with Gasteiger partial charge >= 0.3 is 6.18 Å². The number of Topliss-reactive ketones (excluding diaryl/α,β-unsaturated/α-hetero) is 1. The first-order valence-electron chi connectivity index (χ1n) is 9.59. The molecule has 2 aromatic rings. The number of thiazole rings is 1. The van der Waals surface area contributed by atoms with Crippen molar-refractivity contribution in [3.63, 3.8) is 0 Å². The highest BCUT2D eigenvalue weighted by Crippen LogP contribution is 2.35. The molecule has 0 aliphatic carbocycles. The average Bonchev–Trinajstić information content (AvgIpc) is 3.26. The Morgan fingerprint density at radius 1 is 1.35 bits per heavy atom. The Labute approximate surface area is 178 Å². The zero-order chi connectivity index (χ0) is 22.3. The third kappa shape index (κ3) is 4.03. The molecular weight excluding hydrogens is 442 g/mol. The second-order valence-corrected chi connectivity index (χ2v) is 8.25. The Kier molecular flexibility index (Phi) is 5.73. The monoisotopic (exact) mass is 461 g/mol. The van der Waals surface area contributed by atoms with Crippen LogP contribution in [0.1, 0.15) is 23.1 Å². The van der Waals surface area contributed by atoms with Gasteiger partial charge in [0.25, 0.3) is 5.56 Å². The van der Waals surface area contributed by atoms with E-state index in [0.717, 1.165) is 20.8 Å². The smallest absolute Gasteiger partial charge is 0.377 e. The highest BCUT2D eigenvalue weighted by Gasteiger charge is 2.48. The molecule has 168 valence electrons. The van der Waals surface area contributed by atoms with Crippen LogP contribution in [0.5, 0.6) is 0 Å². The van der Waals surface area contributed by atoms with Crippen LogP contribution in [0.4, 0.5) is 29.3 Å². The molecule has 2 aromatic heterocycles. The molecule has 1 saturated heterocycles. The van der Waals surface area contributed by atoms with Gasteiger partial charge in [0.15, 0.2) is 10.8 Å². The molecule has 2 unspecified atom stereocenters. The third-order valence-electron chi connectivity index (χ3n) is 5.34. The van der Waals surface area contributed by atoms with Crippen LogP contribution in [0.2, 0.25) is 0 Å². The van der Waals surface area contributed by atoms with Gasteiger partial charge in [-0.3, -0.25) is 14.2 Å². The van der Waals surface area contributed by atoms with Crippen LogP contribution >= 0.6 is 11.3 Å². The van der Waals surface area contributed by atoms with Crippen LogP contribution in [-0.4, -0.2) is 64.9 Å². The lowest BCUT2D eigenvalue weighted by Gasteiger charge is -2.40. The number of hydrogen-bond acceptors (Lipinski definition) is 8. The Balaban J connectivity index is 1.81. The summed E-state index contributed by atoms with van der Waals surface area (Å²) in [5.74, 6) is -2.48. The molecule has 0 saturated carbocycles. The van der Waals surface area contributed by atoms with Gasteiger partial charge in [0, 0.05) is 24.7 Å². The number of carbonyl (C=O) groups excluding carboxylic acids is 1. The minimum Gasteiger partial charge on any atom is -0.377 e. The number of carbonyl (C=O) groups is 1. The van der Waals surface area contributed by atoms with Crippen molar-refractivity contribution in [1.82, 2.24) is 14.5 Å².